The van der Waals surface area contributed by atoms with Crippen LogP contribution in [-0.2, 0) is 22.4 Å². The normalized spacial score (nSPS) is 12.6. The molecule has 0 radical (unpaired) electrons. The third kappa shape index (κ3) is 6.40. The van der Waals surface area contributed by atoms with E-state index in [2.05, 4.69) is 5.32 Å². The number of benzene rings is 2. The predicted molar refractivity (Wildman–Crippen MR) is 116 cm³/mol. The van der Waals surface area contributed by atoms with E-state index in [1.807, 2.05) is 44.2 Å². The minimum atomic E-state index is -0.682. The molecule has 7 nitrogen and oxygen atoms in total. The average Bonchev–Trinajstić information content (AvgIpc) is 2.74. The van der Waals surface area contributed by atoms with Crippen molar-refractivity contribution in [3.05, 3.63) is 75.8 Å². The zero-order chi connectivity index (χ0) is 22.1. The van der Waals surface area contributed by atoms with Crippen molar-refractivity contribution < 1.29 is 14.5 Å². The molecule has 160 valence electrons. The summed E-state index contributed by atoms with van der Waals surface area (Å²) in [6, 6.07) is 15.2. The first kappa shape index (κ1) is 23.1. The Kier molecular flexibility index (Phi) is 8.53. The molecule has 2 amide bonds. The maximum atomic E-state index is 13.1. The Labute approximate surface area is 177 Å². The van der Waals surface area contributed by atoms with Crippen molar-refractivity contribution in [3.63, 3.8) is 0 Å². The van der Waals surface area contributed by atoms with Crippen LogP contribution in [-0.4, -0.2) is 40.3 Å². The molecule has 0 spiro atoms. The second kappa shape index (κ2) is 11.1. The van der Waals surface area contributed by atoms with Gasteiger partial charge in [-0.05, 0) is 32.3 Å². The Bertz CT molecular complexity index is 870. The van der Waals surface area contributed by atoms with Crippen molar-refractivity contribution in [2.45, 2.75) is 52.1 Å². The van der Waals surface area contributed by atoms with E-state index in [9.17, 15) is 19.7 Å². The molecule has 2 rings (SSSR count). The number of amides is 2. The fourth-order valence-electron chi connectivity index (χ4n) is 3.14. The first-order chi connectivity index (χ1) is 14.3. The van der Waals surface area contributed by atoms with Crippen LogP contribution in [0.4, 0.5) is 5.69 Å². The van der Waals surface area contributed by atoms with Gasteiger partial charge in [0.15, 0.2) is 0 Å². The van der Waals surface area contributed by atoms with Gasteiger partial charge in [-0.3, -0.25) is 19.7 Å². The molecular weight excluding hydrogens is 382 g/mol. The van der Waals surface area contributed by atoms with E-state index in [1.54, 1.807) is 25.1 Å². The maximum absolute atomic E-state index is 13.1. The molecule has 0 heterocycles. The van der Waals surface area contributed by atoms with E-state index in [1.165, 1.54) is 11.0 Å². The lowest BCUT2D eigenvalue weighted by Crippen LogP contribution is -2.50. The molecule has 0 aliphatic heterocycles. The number of nitrogens with one attached hydrogen (secondary N) is 1. The topological polar surface area (TPSA) is 92.6 Å². The highest BCUT2D eigenvalue weighted by Crippen LogP contribution is 2.19. The molecule has 0 aliphatic carbocycles. The maximum Gasteiger partial charge on any atom is 0.273 e. The largest absolute Gasteiger partial charge is 0.352 e. The molecular formula is C23H29N3O4. The van der Waals surface area contributed by atoms with E-state index in [-0.39, 0.29) is 30.0 Å². The lowest BCUT2D eigenvalue weighted by Gasteiger charge is -2.29. The Morgan fingerprint density at radius 3 is 2.33 bits per heavy atom. The van der Waals surface area contributed by atoms with Crippen LogP contribution in [0, 0.1) is 10.1 Å². The van der Waals surface area contributed by atoms with Gasteiger partial charge in [-0.1, -0.05) is 55.5 Å². The number of carbonyl (C=O) groups is 2. The van der Waals surface area contributed by atoms with Crippen LogP contribution < -0.4 is 5.32 Å². The smallest absolute Gasteiger partial charge is 0.273 e. The molecule has 0 aromatic heterocycles. The van der Waals surface area contributed by atoms with E-state index in [0.29, 0.717) is 18.5 Å². The average molecular weight is 412 g/mol. The van der Waals surface area contributed by atoms with Gasteiger partial charge in [0, 0.05) is 24.2 Å². The van der Waals surface area contributed by atoms with Crippen LogP contribution in [0.2, 0.25) is 0 Å². The highest BCUT2D eigenvalue weighted by Gasteiger charge is 2.28. The van der Waals surface area contributed by atoms with Gasteiger partial charge in [0.25, 0.3) is 5.69 Å². The van der Waals surface area contributed by atoms with Gasteiger partial charge < -0.3 is 10.2 Å². The van der Waals surface area contributed by atoms with Crippen LogP contribution in [0.15, 0.2) is 54.6 Å². The second-order valence-corrected chi connectivity index (χ2v) is 7.38. The number of rotatable bonds is 10. The summed E-state index contributed by atoms with van der Waals surface area (Å²) in [4.78, 5) is 38.1. The van der Waals surface area contributed by atoms with Crippen LogP contribution in [0.5, 0.6) is 0 Å². The standard InChI is InChI=1S/C23H29N3O4/c1-4-17(2)24-23(28)18(3)25(15-14-19-10-6-5-7-11-19)22(27)16-20-12-8-9-13-21(20)26(29)30/h5-13,17-18H,4,14-16H2,1-3H3,(H,24,28)/t17-,18-/m0/s1. The van der Waals surface area contributed by atoms with Gasteiger partial charge in [-0.15, -0.1) is 0 Å². The van der Waals surface area contributed by atoms with Crippen molar-refractivity contribution in [2.75, 3.05) is 6.54 Å². The summed E-state index contributed by atoms with van der Waals surface area (Å²) >= 11 is 0. The molecule has 0 bridgehead atoms. The van der Waals surface area contributed by atoms with Gasteiger partial charge in [-0.25, -0.2) is 0 Å². The number of hydrogen-bond acceptors (Lipinski definition) is 4. The molecule has 30 heavy (non-hydrogen) atoms. The van der Waals surface area contributed by atoms with Gasteiger partial charge >= 0.3 is 0 Å². The first-order valence-electron chi connectivity index (χ1n) is 10.2. The Balaban J connectivity index is 2.21. The van der Waals surface area contributed by atoms with Crippen molar-refractivity contribution in [3.8, 4) is 0 Å². The lowest BCUT2D eigenvalue weighted by atomic mass is 10.1. The molecule has 0 saturated heterocycles. The van der Waals surface area contributed by atoms with Crippen LogP contribution >= 0.6 is 0 Å². The minimum Gasteiger partial charge on any atom is -0.352 e. The molecule has 2 aromatic rings. The number of nitrogens with zero attached hydrogens (tertiary/aromatic N) is 2. The summed E-state index contributed by atoms with van der Waals surface area (Å²) in [6.45, 7) is 5.93. The number of hydrogen-bond donors (Lipinski definition) is 1. The third-order valence-corrected chi connectivity index (χ3v) is 5.18. The monoisotopic (exact) mass is 411 g/mol. The molecule has 0 unspecified atom stereocenters. The minimum absolute atomic E-state index is 0.00114. The highest BCUT2D eigenvalue weighted by atomic mass is 16.6. The molecule has 7 heteroatoms. The van der Waals surface area contributed by atoms with Gasteiger partial charge in [-0.2, -0.15) is 0 Å². The summed E-state index contributed by atoms with van der Waals surface area (Å²) in [7, 11) is 0. The molecule has 0 fully saturated rings. The summed E-state index contributed by atoms with van der Waals surface area (Å²) in [5, 5.41) is 14.2. The summed E-state index contributed by atoms with van der Waals surface area (Å²) < 4.78 is 0. The van der Waals surface area contributed by atoms with Crippen molar-refractivity contribution in [1.82, 2.24) is 10.2 Å². The number of para-hydroxylation sites is 1. The molecule has 2 atom stereocenters. The van der Waals surface area contributed by atoms with E-state index < -0.39 is 11.0 Å². The Morgan fingerprint density at radius 2 is 1.70 bits per heavy atom. The first-order valence-corrected chi connectivity index (χ1v) is 10.2. The fraction of sp³-hybridized carbons (Fsp3) is 0.391. The number of carbonyl (C=O) groups excluding carboxylic acids is 2. The third-order valence-electron chi connectivity index (χ3n) is 5.18. The number of nitro benzene ring substituents is 1. The van der Waals surface area contributed by atoms with Crippen LogP contribution in [0.3, 0.4) is 0 Å². The number of nitro groups is 1. The molecule has 1 N–H and O–H groups in total. The van der Waals surface area contributed by atoms with E-state index in [0.717, 1.165) is 12.0 Å². The zero-order valence-electron chi connectivity index (χ0n) is 17.7. The zero-order valence-corrected chi connectivity index (χ0v) is 17.7. The van der Waals surface area contributed by atoms with Crippen molar-refractivity contribution in [2.24, 2.45) is 0 Å². The van der Waals surface area contributed by atoms with Crippen LogP contribution in [0.25, 0.3) is 0 Å². The molecule has 2 aromatic carbocycles. The SMILES string of the molecule is CC[C@H](C)NC(=O)[C@H](C)N(CCc1ccccc1)C(=O)Cc1ccccc1[N+](=O)[O-]. The van der Waals surface area contributed by atoms with Gasteiger partial charge in [0.1, 0.15) is 6.04 Å². The van der Waals surface area contributed by atoms with E-state index >= 15 is 0 Å². The quantitative estimate of drug-likeness (QED) is 0.478. The summed E-state index contributed by atoms with van der Waals surface area (Å²) in [6.07, 6.45) is 1.24. The summed E-state index contributed by atoms with van der Waals surface area (Å²) in [5.74, 6) is -0.541. The van der Waals surface area contributed by atoms with E-state index in [4.69, 9.17) is 0 Å². The Hall–Kier alpha value is -3.22. The van der Waals surface area contributed by atoms with Gasteiger partial charge in [0.05, 0.1) is 11.3 Å². The molecule has 0 aliphatic rings. The second-order valence-electron chi connectivity index (χ2n) is 7.38. The molecule has 0 saturated carbocycles. The summed E-state index contributed by atoms with van der Waals surface area (Å²) in [5.41, 5.74) is 1.30. The van der Waals surface area contributed by atoms with Crippen LogP contribution in [0.1, 0.15) is 38.3 Å². The van der Waals surface area contributed by atoms with Crippen molar-refractivity contribution in [1.29, 1.82) is 0 Å². The highest BCUT2D eigenvalue weighted by molar-refractivity contribution is 5.88. The van der Waals surface area contributed by atoms with Gasteiger partial charge in [0.2, 0.25) is 11.8 Å². The van der Waals surface area contributed by atoms with Crippen molar-refractivity contribution >= 4 is 17.5 Å². The predicted octanol–water partition coefficient (Wildman–Crippen LogP) is 3.51. The lowest BCUT2D eigenvalue weighted by molar-refractivity contribution is -0.385. The fourth-order valence-corrected chi connectivity index (χ4v) is 3.14. The Morgan fingerprint density at radius 1 is 1.07 bits per heavy atom.